The van der Waals surface area contributed by atoms with Crippen LogP contribution in [0.2, 0.25) is 0 Å². The molecule has 3 rings (SSSR count). The Labute approximate surface area is 163 Å². The van der Waals surface area contributed by atoms with Crippen molar-refractivity contribution in [3.63, 3.8) is 0 Å². The van der Waals surface area contributed by atoms with Gasteiger partial charge in [-0.05, 0) is 36.4 Å². The van der Waals surface area contributed by atoms with Crippen molar-refractivity contribution in [2.45, 2.75) is 0 Å². The largest absolute Gasteiger partial charge is 0.493 e. The number of morpholine rings is 1. The zero-order valence-electron chi connectivity index (χ0n) is 15.6. The Balaban J connectivity index is 1.60. The van der Waals surface area contributed by atoms with Gasteiger partial charge in [-0.3, -0.25) is 9.59 Å². The molecule has 0 atom stereocenters. The molecule has 0 aromatic heterocycles. The van der Waals surface area contributed by atoms with Crippen LogP contribution in [0.4, 0.5) is 11.4 Å². The number of hydrogen-bond donors (Lipinski definition) is 2. The maximum atomic E-state index is 12.2. The molecule has 0 radical (unpaired) electrons. The predicted octanol–water partition coefficient (Wildman–Crippen LogP) is 1.65. The number of primary amides is 1. The fourth-order valence-corrected chi connectivity index (χ4v) is 2.93. The van der Waals surface area contributed by atoms with Crippen LogP contribution < -0.4 is 25.4 Å². The van der Waals surface area contributed by atoms with Crippen LogP contribution in [0.1, 0.15) is 10.4 Å². The summed E-state index contributed by atoms with van der Waals surface area (Å²) in [6.07, 6.45) is 0. The number of nitrogens with one attached hydrogen (secondary N) is 1. The first-order valence-electron chi connectivity index (χ1n) is 8.90. The standard InChI is InChI=1S/C20H23N3O5/c1-26-17-4-2-3-16(20(21)25)19(17)28-13-18(24)22-14-5-7-15(8-6-14)23-9-11-27-12-10-23/h2-8H,9-13H2,1H3,(H2,21,25)(H,22,24). The molecule has 0 aliphatic carbocycles. The van der Waals surface area contributed by atoms with Crippen LogP contribution in [0.3, 0.4) is 0 Å². The van der Waals surface area contributed by atoms with Crippen LogP contribution in [-0.2, 0) is 9.53 Å². The number of carbonyl (C=O) groups excluding carboxylic acids is 2. The lowest BCUT2D eigenvalue weighted by molar-refractivity contribution is -0.118. The minimum Gasteiger partial charge on any atom is -0.493 e. The highest BCUT2D eigenvalue weighted by molar-refractivity contribution is 5.97. The molecule has 148 valence electrons. The van der Waals surface area contributed by atoms with Crippen molar-refractivity contribution in [1.29, 1.82) is 0 Å². The average Bonchev–Trinajstić information content (AvgIpc) is 2.73. The van der Waals surface area contributed by atoms with E-state index in [1.807, 2.05) is 24.3 Å². The topological polar surface area (TPSA) is 103 Å². The summed E-state index contributed by atoms with van der Waals surface area (Å²) < 4.78 is 16.0. The van der Waals surface area contributed by atoms with Crippen molar-refractivity contribution in [3.05, 3.63) is 48.0 Å². The molecule has 2 aromatic carbocycles. The van der Waals surface area contributed by atoms with Crippen LogP contribution >= 0.6 is 0 Å². The Kier molecular flexibility index (Phi) is 6.33. The smallest absolute Gasteiger partial charge is 0.262 e. The molecule has 0 unspecified atom stereocenters. The maximum absolute atomic E-state index is 12.2. The van der Waals surface area contributed by atoms with Gasteiger partial charge in [-0.25, -0.2) is 0 Å². The van der Waals surface area contributed by atoms with E-state index >= 15 is 0 Å². The van der Waals surface area contributed by atoms with Crippen molar-refractivity contribution >= 4 is 23.2 Å². The normalized spacial score (nSPS) is 13.7. The quantitative estimate of drug-likeness (QED) is 0.751. The summed E-state index contributed by atoms with van der Waals surface area (Å²) in [6, 6.07) is 12.3. The number of anilines is 2. The first-order valence-corrected chi connectivity index (χ1v) is 8.90. The van der Waals surface area contributed by atoms with Crippen molar-refractivity contribution in [2.24, 2.45) is 5.73 Å². The molecule has 1 aliphatic rings. The lowest BCUT2D eigenvalue weighted by atomic mass is 10.2. The van der Waals surface area contributed by atoms with E-state index in [2.05, 4.69) is 10.2 Å². The van der Waals surface area contributed by atoms with Gasteiger partial charge in [0.05, 0.1) is 25.9 Å². The molecular weight excluding hydrogens is 362 g/mol. The van der Waals surface area contributed by atoms with Crippen LogP contribution in [-0.4, -0.2) is 51.8 Å². The van der Waals surface area contributed by atoms with Crippen LogP contribution in [0.5, 0.6) is 11.5 Å². The summed E-state index contributed by atoms with van der Waals surface area (Å²) in [6.45, 7) is 2.84. The van der Waals surface area contributed by atoms with Gasteiger partial charge in [-0.1, -0.05) is 6.07 Å². The molecule has 1 heterocycles. The van der Waals surface area contributed by atoms with Gasteiger partial charge in [-0.15, -0.1) is 0 Å². The molecule has 8 nitrogen and oxygen atoms in total. The van der Waals surface area contributed by atoms with Crippen molar-refractivity contribution in [3.8, 4) is 11.5 Å². The number of methoxy groups -OCH3 is 1. The summed E-state index contributed by atoms with van der Waals surface area (Å²) in [5, 5.41) is 2.76. The van der Waals surface area contributed by atoms with E-state index < -0.39 is 5.91 Å². The summed E-state index contributed by atoms with van der Waals surface area (Å²) in [7, 11) is 1.45. The highest BCUT2D eigenvalue weighted by Crippen LogP contribution is 2.30. The summed E-state index contributed by atoms with van der Waals surface area (Å²) in [5.41, 5.74) is 7.25. The minimum absolute atomic E-state index is 0.148. The van der Waals surface area contributed by atoms with Gasteiger partial charge in [0, 0.05) is 24.5 Å². The third kappa shape index (κ3) is 4.72. The fraction of sp³-hybridized carbons (Fsp3) is 0.300. The molecule has 8 heteroatoms. The summed E-state index contributed by atoms with van der Waals surface area (Å²) in [4.78, 5) is 26.0. The Hall–Kier alpha value is -3.26. The number of hydrogen-bond acceptors (Lipinski definition) is 6. The van der Waals surface area contributed by atoms with E-state index in [1.54, 1.807) is 12.1 Å². The van der Waals surface area contributed by atoms with E-state index in [-0.39, 0.29) is 23.8 Å². The number of para-hydroxylation sites is 1. The molecule has 28 heavy (non-hydrogen) atoms. The Morgan fingerprint density at radius 3 is 2.50 bits per heavy atom. The van der Waals surface area contributed by atoms with Gasteiger partial charge in [0.2, 0.25) is 0 Å². The van der Waals surface area contributed by atoms with Crippen molar-refractivity contribution < 1.29 is 23.8 Å². The molecule has 0 bridgehead atoms. The molecule has 0 saturated carbocycles. The first kappa shape index (κ1) is 19.5. The second-order valence-electron chi connectivity index (χ2n) is 6.18. The number of rotatable bonds is 7. The van der Waals surface area contributed by atoms with Gasteiger partial charge in [0.15, 0.2) is 18.1 Å². The van der Waals surface area contributed by atoms with Crippen LogP contribution in [0, 0.1) is 0 Å². The molecule has 2 amide bonds. The van der Waals surface area contributed by atoms with E-state index in [1.165, 1.54) is 13.2 Å². The summed E-state index contributed by atoms with van der Waals surface area (Å²) >= 11 is 0. The monoisotopic (exact) mass is 385 g/mol. The van der Waals surface area contributed by atoms with Gasteiger partial charge < -0.3 is 30.2 Å². The third-order valence-corrected chi connectivity index (χ3v) is 4.34. The van der Waals surface area contributed by atoms with E-state index in [9.17, 15) is 9.59 Å². The van der Waals surface area contributed by atoms with Gasteiger partial charge in [0.1, 0.15) is 0 Å². The Morgan fingerprint density at radius 2 is 1.86 bits per heavy atom. The molecule has 1 saturated heterocycles. The number of benzene rings is 2. The molecule has 0 spiro atoms. The van der Waals surface area contributed by atoms with E-state index in [4.69, 9.17) is 19.9 Å². The highest BCUT2D eigenvalue weighted by atomic mass is 16.5. The molecule has 1 fully saturated rings. The van der Waals surface area contributed by atoms with Crippen molar-refractivity contribution in [1.82, 2.24) is 0 Å². The number of nitrogens with zero attached hydrogens (tertiary/aromatic N) is 1. The third-order valence-electron chi connectivity index (χ3n) is 4.34. The average molecular weight is 385 g/mol. The highest BCUT2D eigenvalue weighted by Gasteiger charge is 2.16. The number of ether oxygens (including phenoxy) is 3. The molecular formula is C20H23N3O5. The van der Waals surface area contributed by atoms with Crippen LogP contribution in [0.25, 0.3) is 0 Å². The minimum atomic E-state index is -0.659. The first-order chi connectivity index (χ1) is 13.6. The molecule has 3 N–H and O–H groups in total. The van der Waals surface area contributed by atoms with E-state index in [0.29, 0.717) is 24.7 Å². The second kappa shape index (κ2) is 9.09. The number of carbonyl (C=O) groups is 2. The van der Waals surface area contributed by atoms with Crippen LogP contribution in [0.15, 0.2) is 42.5 Å². The molecule has 2 aromatic rings. The molecule has 1 aliphatic heterocycles. The number of amides is 2. The maximum Gasteiger partial charge on any atom is 0.262 e. The summed E-state index contributed by atoms with van der Waals surface area (Å²) in [5.74, 6) is -0.539. The van der Waals surface area contributed by atoms with Gasteiger partial charge in [-0.2, -0.15) is 0 Å². The lowest BCUT2D eigenvalue weighted by Gasteiger charge is -2.28. The zero-order chi connectivity index (χ0) is 19.9. The lowest BCUT2D eigenvalue weighted by Crippen LogP contribution is -2.36. The van der Waals surface area contributed by atoms with Crippen molar-refractivity contribution in [2.75, 3.05) is 50.2 Å². The van der Waals surface area contributed by atoms with E-state index in [0.717, 1.165) is 18.8 Å². The Morgan fingerprint density at radius 1 is 1.14 bits per heavy atom. The fourth-order valence-electron chi connectivity index (χ4n) is 2.93. The van der Waals surface area contributed by atoms with Gasteiger partial charge in [0.25, 0.3) is 11.8 Å². The second-order valence-corrected chi connectivity index (χ2v) is 6.18. The zero-order valence-corrected chi connectivity index (χ0v) is 15.6. The number of nitrogens with two attached hydrogens (primary N) is 1. The SMILES string of the molecule is COc1cccc(C(N)=O)c1OCC(=O)Nc1ccc(N2CCOCC2)cc1. The predicted molar refractivity (Wildman–Crippen MR) is 105 cm³/mol. The Bertz CT molecular complexity index is 832. The van der Waals surface area contributed by atoms with Gasteiger partial charge >= 0.3 is 0 Å².